The van der Waals surface area contributed by atoms with Gasteiger partial charge in [0.15, 0.2) is 0 Å². The number of allylic oxidation sites excluding steroid dienone is 1. The Morgan fingerprint density at radius 2 is 2.00 bits per heavy atom. The van der Waals surface area contributed by atoms with Crippen LogP contribution in [-0.4, -0.2) is 45.1 Å². The molecule has 0 aromatic carbocycles. The molecule has 1 N–H and O–H groups in total. The standard InChI is InChI=1S/C15H26NO6P/c1-10(2)21-15(17)11(3)16-23(6,18)22-14-8-12(19-4)7-13(9-14)20-5/h8-12H,7H2,1-6H3,(H,16,18)/t11-,12?,23?/m0/s1. The molecular weight excluding hydrogens is 321 g/mol. The third kappa shape index (κ3) is 6.77. The first-order valence-electron chi connectivity index (χ1n) is 7.41. The number of carbonyl (C=O) groups is 1. The average Bonchev–Trinajstić information content (AvgIpc) is 2.44. The van der Waals surface area contributed by atoms with Crippen molar-refractivity contribution in [1.82, 2.24) is 5.09 Å². The molecular formula is C15H26NO6P. The van der Waals surface area contributed by atoms with Gasteiger partial charge in [-0.1, -0.05) is 0 Å². The van der Waals surface area contributed by atoms with Crippen molar-refractivity contribution < 1.29 is 28.1 Å². The fraction of sp³-hybridized carbons (Fsp3) is 0.667. The zero-order valence-corrected chi connectivity index (χ0v) is 15.4. The Labute approximate surface area is 137 Å². The fourth-order valence-electron chi connectivity index (χ4n) is 2.02. The minimum absolute atomic E-state index is 0.215. The number of hydrogen-bond acceptors (Lipinski definition) is 6. The second-order valence-corrected chi connectivity index (χ2v) is 7.77. The summed E-state index contributed by atoms with van der Waals surface area (Å²) in [5.74, 6) is 0.565. The van der Waals surface area contributed by atoms with Gasteiger partial charge in [0.2, 0.25) is 0 Å². The number of esters is 1. The van der Waals surface area contributed by atoms with Gasteiger partial charge in [0.1, 0.15) is 17.6 Å². The summed E-state index contributed by atoms with van der Waals surface area (Å²) in [6, 6.07) is -0.749. The molecule has 0 heterocycles. The molecule has 3 atom stereocenters. The van der Waals surface area contributed by atoms with Crippen molar-refractivity contribution in [3.63, 3.8) is 0 Å². The number of carbonyl (C=O) groups excluding carboxylic acids is 1. The van der Waals surface area contributed by atoms with Crippen molar-refractivity contribution in [3.05, 3.63) is 23.7 Å². The van der Waals surface area contributed by atoms with Gasteiger partial charge in [-0.15, -0.1) is 0 Å². The van der Waals surface area contributed by atoms with Gasteiger partial charge in [0.25, 0.3) is 0 Å². The summed E-state index contributed by atoms with van der Waals surface area (Å²) in [6.07, 6.45) is 3.51. The number of hydrogen-bond donors (Lipinski definition) is 1. The van der Waals surface area contributed by atoms with E-state index in [0.29, 0.717) is 17.9 Å². The number of ether oxygens (including phenoxy) is 3. The zero-order valence-electron chi connectivity index (χ0n) is 14.5. The molecule has 0 bridgehead atoms. The van der Waals surface area contributed by atoms with Crippen LogP contribution in [0.15, 0.2) is 23.7 Å². The highest BCUT2D eigenvalue weighted by molar-refractivity contribution is 7.56. The van der Waals surface area contributed by atoms with E-state index < -0.39 is 19.5 Å². The lowest BCUT2D eigenvalue weighted by atomic mass is 10.1. The van der Waals surface area contributed by atoms with E-state index in [0.717, 1.165) is 0 Å². The summed E-state index contributed by atoms with van der Waals surface area (Å²) in [7, 11) is -0.138. The van der Waals surface area contributed by atoms with Gasteiger partial charge in [-0.2, -0.15) is 0 Å². The fourth-order valence-corrected chi connectivity index (χ4v) is 3.40. The zero-order chi connectivity index (χ0) is 17.6. The molecule has 0 saturated carbocycles. The minimum atomic E-state index is -3.26. The van der Waals surface area contributed by atoms with E-state index in [1.807, 2.05) is 0 Å². The molecule has 1 aliphatic rings. The van der Waals surface area contributed by atoms with Crippen LogP contribution < -0.4 is 5.09 Å². The van der Waals surface area contributed by atoms with Crippen molar-refractivity contribution in [2.75, 3.05) is 20.9 Å². The van der Waals surface area contributed by atoms with E-state index in [4.69, 9.17) is 18.7 Å². The first kappa shape index (κ1) is 19.7. The smallest absolute Gasteiger partial charge is 0.323 e. The van der Waals surface area contributed by atoms with Gasteiger partial charge in [0, 0.05) is 26.3 Å². The van der Waals surface area contributed by atoms with E-state index in [9.17, 15) is 9.36 Å². The largest absolute Gasteiger partial charge is 0.501 e. The van der Waals surface area contributed by atoms with Crippen LogP contribution in [0.4, 0.5) is 0 Å². The third-order valence-corrected chi connectivity index (χ3v) is 4.45. The van der Waals surface area contributed by atoms with E-state index in [1.54, 1.807) is 47.1 Å². The Hall–Kier alpha value is -1.30. The van der Waals surface area contributed by atoms with Crippen molar-refractivity contribution >= 4 is 13.5 Å². The molecule has 0 aliphatic heterocycles. The Kier molecular flexibility index (Phi) is 7.32. The maximum Gasteiger partial charge on any atom is 0.323 e. The summed E-state index contributed by atoms with van der Waals surface area (Å²) in [4.78, 5) is 11.8. The molecule has 0 radical (unpaired) electrons. The Bertz CT molecular complexity index is 528. The van der Waals surface area contributed by atoms with Crippen molar-refractivity contribution in [2.45, 2.75) is 45.4 Å². The lowest BCUT2D eigenvalue weighted by molar-refractivity contribution is -0.149. The molecule has 0 spiro atoms. The monoisotopic (exact) mass is 347 g/mol. The molecule has 1 rings (SSSR count). The second kappa shape index (κ2) is 8.52. The van der Waals surface area contributed by atoms with Crippen LogP contribution in [0.1, 0.15) is 27.2 Å². The van der Waals surface area contributed by atoms with Crippen molar-refractivity contribution in [3.8, 4) is 0 Å². The van der Waals surface area contributed by atoms with Crippen LogP contribution in [0.2, 0.25) is 0 Å². The average molecular weight is 347 g/mol. The molecule has 8 heteroatoms. The minimum Gasteiger partial charge on any atom is -0.501 e. The molecule has 0 fully saturated rings. The van der Waals surface area contributed by atoms with Gasteiger partial charge in [0.05, 0.1) is 19.3 Å². The highest BCUT2D eigenvalue weighted by atomic mass is 31.2. The van der Waals surface area contributed by atoms with Gasteiger partial charge in [-0.3, -0.25) is 9.36 Å². The van der Waals surface area contributed by atoms with Gasteiger partial charge in [-0.05, 0) is 26.8 Å². The van der Waals surface area contributed by atoms with Gasteiger partial charge >= 0.3 is 13.5 Å². The van der Waals surface area contributed by atoms with E-state index in [1.165, 1.54) is 6.66 Å². The van der Waals surface area contributed by atoms with E-state index >= 15 is 0 Å². The van der Waals surface area contributed by atoms with E-state index in [2.05, 4.69) is 5.09 Å². The predicted molar refractivity (Wildman–Crippen MR) is 87.0 cm³/mol. The van der Waals surface area contributed by atoms with Crippen LogP contribution in [0.3, 0.4) is 0 Å². The number of nitrogens with one attached hydrogen (secondary N) is 1. The molecule has 0 amide bonds. The quantitative estimate of drug-likeness (QED) is 0.534. The lowest BCUT2D eigenvalue weighted by Gasteiger charge is -2.24. The van der Waals surface area contributed by atoms with Crippen LogP contribution in [0, 0.1) is 0 Å². The van der Waals surface area contributed by atoms with Crippen LogP contribution in [0.5, 0.6) is 0 Å². The maximum absolute atomic E-state index is 12.6. The number of rotatable bonds is 8. The summed E-state index contributed by atoms with van der Waals surface area (Å²) < 4.78 is 33.7. The molecule has 0 aromatic heterocycles. The molecule has 23 heavy (non-hydrogen) atoms. The Morgan fingerprint density at radius 3 is 2.52 bits per heavy atom. The summed E-state index contributed by atoms with van der Waals surface area (Å²) in [6.45, 7) is 6.49. The lowest BCUT2D eigenvalue weighted by Crippen LogP contribution is -2.35. The first-order chi connectivity index (χ1) is 10.7. The van der Waals surface area contributed by atoms with Crippen LogP contribution in [0.25, 0.3) is 0 Å². The summed E-state index contributed by atoms with van der Waals surface area (Å²) >= 11 is 0. The third-order valence-electron chi connectivity index (χ3n) is 3.03. The Balaban J connectivity index is 2.73. The van der Waals surface area contributed by atoms with Crippen molar-refractivity contribution in [1.29, 1.82) is 0 Å². The molecule has 7 nitrogen and oxygen atoms in total. The van der Waals surface area contributed by atoms with Crippen molar-refractivity contribution in [2.24, 2.45) is 0 Å². The molecule has 1 aliphatic carbocycles. The highest BCUT2D eigenvalue weighted by Crippen LogP contribution is 2.42. The van der Waals surface area contributed by atoms with Gasteiger partial charge in [-0.25, -0.2) is 5.09 Å². The predicted octanol–water partition coefficient (Wildman–Crippen LogP) is 2.59. The topological polar surface area (TPSA) is 83.1 Å². The molecule has 2 unspecified atom stereocenters. The normalized spacial score (nSPS) is 21.8. The summed E-state index contributed by atoms with van der Waals surface area (Å²) in [5, 5.41) is 2.68. The number of methoxy groups -OCH3 is 2. The van der Waals surface area contributed by atoms with Gasteiger partial charge < -0.3 is 18.7 Å². The first-order valence-corrected chi connectivity index (χ1v) is 9.48. The summed E-state index contributed by atoms with van der Waals surface area (Å²) in [5.41, 5.74) is 0. The SMILES string of the molecule is COC1=CC(OP(C)(=O)N[C@@H](C)C(=O)OC(C)C)=CC(OC)C1. The molecule has 0 saturated heterocycles. The highest BCUT2D eigenvalue weighted by Gasteiger charge is 2.27. The molecule has 132 valence electrons. The molecule has 0 aromatic rings. The van der Waals surface area contributed by atoms with Crippen LogP contribution >= 0.6 is 7.52 Å². The Morgan fingerprint density at radius 1 is 1.35 bits per heavy atom. The van der Waals surface area contributed by atoms with E-state index in [-0.39, 0.29) is 12.2 Å². The second-order valence-electron chi connectivity index (χ2n) is 5.64. The van der Waals surface area contributed by atoms with Crippen LogP contribution in [-0.2, 0) is 28.1 Å². The maximum atomic E-state index is 12.6.